The molecule has 6 heteroatoms. The molecule has 3 aliphatic heterocycles. The minimum Gasteiger partial charge on any atom is -0.504 e. The normalized spacial score (nSPS) is 22.8. The van der Waals surface area contributed by atoms with E-state index in [0.717, 1.165) is 59.4 Å². The highest BCUT2D eigenvalue weighted by Crippen LogP contribution is 2.56. The van der Waals surface area contributed by atoms with E-state index in [0.29, 0.717) is 5.75 Å². The summed E-state index contributed by atoms with van der Waals surface area (Å²) in [6.07, 6.45) is 3.38. The van der Waals surface area contributed by atoms with Gasteiger partial charge in [-0.05, 0) is 71.1 Å². The highest BCUT2D eigenvalue weighted by Gasteiger charge is 2.43. The molecular formula is C25H28O6. The third-order valence-corrected chi connectivity index (χ3v) is 6.63. The molecule has 0 bridgehead atoms. The molecule has 2 N–H and O–H groups in total. The van der Waals surface area contributed by atoms with Crippen LogP contribution in [0.15, 0.2) is 18.2 Å². The van der Waals surface area contributed by atoms with Crippen molar-refractivity contribution in [1.29, 1.82) is 0 Å². The molecule has 31 heavy (non-hydrogen) atoms. The number of carbonyl (C=O) groups is 1. The molecule has 0 amide bonds. The van der Waals surface area contributed by atoms with Crippen molar-refractivity contribution in [3.63, 3.8) is 0 Å². The van der Waals surface area contributed by atoms with E-state index in [2.05, 4.69) is 27.7 Å². The van der Waals surface area contributed by atoms with Gasteiger partial charge in [-0.15, -0.1) is 0 Å². The van der Waals surface area contributed by atoms with Gasteiger partial charge in [-0.25, -0.2) is 0 Å². The van der Waals surface area contributed by atoms with Gasteiger partial charge in [0.1, 0.15) is 28.5 Å². The Morgan fingerprint density at radius 1 is 0.871 bits per heavy atom. The lowest BCUT2D eigenvalue weighted by atomic mass is 9.79. The number of rotatable bonds is 1. The van der Waals surface area contributed by atoms with E-state index in [-0.39, 0.29) is 41.0 Å². The van der Waals surface area contributed by atoms with Crippen LogP contribution >= 0.6 is 0 Å². The number of hydrogen-bond donors (Lipinski definition) is 2. The van der Waals surface area contributed by atoms with Crippen LogP contribution in [0.4, 0.5) is 0 Å². The van der Waals surface area contributed by atoms with Crippen molar-refractivity contribution in [3.8, 4) is 28.7 Å². The van der Waals surface area contributed by atoms with E-state index in [9.17, 15) is 15.0 Å². The number of phenols is 2. The molecule has 164 valence electrons. The largest absolute Gasteiger partial charge is 0.504 e. The van der Waals surface area contributed by atoms with Crippen molar-refractivity contribution in [2.24, 2.45) is 0 Å². The Kier molecular flexibility index (Phi) is 4.24. The van der Waals surface area contributed by atoms with Gasteiger partial charge in [0.05, 0.1) is 6.42 Å². The molecule has 6 nitrogen and oxygen atoms in total. The second kappa shape index (κ2) is 6.55. The van der Waals surface area contributed by atoms with Crippen LogP contribution in [-0.4, -0.2) is 27.4 Å². The Hall–Kier alpha value is -2.89. The predicted octanol–water partition coefficient (Wildman–Crippen LogP) is 4.75. The third-order valence-electron chi connectivity index (χ3n) is 6.63. The number of esters is 1. The average molecular weight is 424 g/mol. The molecule has 2 aromatic rings. The number of hydrogen-bond acceptors (Lipinski definition) is 6. The van der Waals surface area contributed by atoms with E-state index < -0.39 is 0 Å². The number of ether oxygens (including phenoxy) is 3. The van der Waals surface area contributed by atoms with E-state index in [4.69, 9.17) is 14.2 Å². The summed E-state index contributed by atoms with van der Waals surface area (Å²) >= 11 is 0. The van der Waals surface area contributed by atoms with E-state index in [1.165, 1.54) is 12.1 Å². The predicted molar refractivity (Wildman–Crippen MR) is 114 cm³/mol. The topological polar surface area (TPSA) is 85.2 Å². The van der Waals surface area contributed by atoms with Gasteiger partial charge in [0.25, 0.3) is 0 Å². The van der Waals surface area contributed by atoms with Crippen LogP contribution in [-0.2, 0) is 17.6 Å². The van der Waals surface area contributed by atoms with Gasteiger partial charge in [0.2, 0.25) is 0 Å². The van der Waals surface area contributed by atoms with Crippen molar-refractivity contribution >= 4 is 5.97 Å². The van der Waals surface area contributed by atoms with Gasteiger partial charge in [0.15, 0.2) is 11.5 Å². The Morgan fingerprint density at radius 2 is 1.48 bits per heavy atom. The SMILES string of the molecule is CC1(C)CCc2c(c3c(c4c2OC(=O)C[C@H]4c2ccc(O)c(O)c2)OC(C)(C)CC3)O1. The second-order valence-electron chi connectivity index (χ2n) is 10.1. The van der Waals surface area contributed by atoms with Gasteiger partial charge in [-0.3, -0.25) is 4.79 Å². The molecule has 0 saturated carbocycles. The summed E-state index contributed by atoms with van der Waals surface area (Å²) in [5, 5.41) is 19.9. The maximum Gasteiger partial charge on any atom is 0.312 e. The van der Waals surface area contributed by atoms with Crippen molar-refractivity contribution < 1.29 is 29.2 Å². The van der Waals surface area contributed by atoms with Gasteiger partial charge in [0, 0.05) is 22.6 Å². The third kappa shape index (κ3) is 3.29. The monoisotopic (exact) mass is 424 g/mol. The van der Waals surface area contributed by atoms with Crippen LogP contribution in [0.1, 0.15) is 75.1 Å². The van der Waals surface area contributed by atoms with E-state index >= 15 is 0 Å². The molecule has 0 aromatic heterocycles. The summed E-state index contributed by atoms with van der Waals surface area (Å²) in [6.45, 7) is 8.26. The first-order chi connectivity index (χ1) is 14.5. The number of fused-ring (bicyclic) bond motifs is 6. The number of aromatic hydroxyl groups is 2. The summed E-state index contributed by atoms with van der Waals surface area (Å²) in [5.74, 6) is 0.989. The van der Waals surface area contributed by atoms with E-state index in [1.807, 2.05) is 0 Å². The standard InChI is InChI=1S/C25H28O6/c1-24(2)9-7-14-21(30-24)15-8-10-25(3,4)31-23(15)20-16(12-19(28)29-22(14)20)13-5-6-17(26)18(27)11-13/h5-6,11,16,26-27H,7-10,12H2,1-4H3/t16-/m0/s1. The molecule has 2 aromatic carbocycles. The summed E-state index contributed by atoms with van der Waals surface area (Å²) in [7, 11) is 0. The molecule has 3 heterocycles. The summed E-state index contributed by atoms with van der Waals surface area (Å²) in [6, 6.07) is 4.70. The molecule has 0 fully saturated rings. The van der Waals surface area contributed by atoms with Crippen LogP contribution in [0.25, 0.3) is 0 Å². The van der Waals surface area contributed by atoms with Crippen LogP contribution in [0, 0.1) is 0 Å². The summed E-state index contributed by atoms with van der Waals surface area (Å²) < 4.78 is 18.8. The minimum absolute atomic E-state index is 0.137. The highest BCUT2D eigenvalue weighted by molar-refractivity contribution is 5.82. The maximum absolute atomic E-state index is 12.7. The Bertz CT molecular complexity index is 1100. The maximum atomic E-state index is 12.7. The fourth-order valence-electron chi connectivity index (χ4n) is 4.92. The van der Waals surface area contributed by atoms with Crippen molar-refractivity contribution in [2.45, 2.75) is 76.9 Å². The molecule has 3 aliphatic rings. The van der Waals surface area contributed by atoms with Gasteiger partial charge in [-0.1, -0.05) is 6.07 Å². The molecular weight excluding hydrogens is 396 g/mol. The van der Waals surface area contributed by atoms with Gasteiger partial charge in [-0.2, -0.15) is 0 Å². The molecule has 5 rings (SSSR count). The van der Waals surface area contributed by atoms with Crippen molar-refractivity contribution in [1.82, 2.24) is 0 Å². The van der Waals surface area contributed by atoms with Crippen LogP contribution in [0.3, 0.4) is 0 Å². The zero-order valence-electron chi connectivity index (χ0n) is 18.4. The number of carbonyl (C=O) groups excluding carboxylic acids is 1. The van der Waals surface area contributed by atoms with Crippen molar-refractivity contribution in [3.05, 3.63) is 40.5 Å². The second-order valence-corrected chi connectivity index (χ2v) is 10.1. The molecule has 0 spiro atoms. The lowest BCUT2D eigenvalue weighted by Crippen LogP contribution is -2.38. The fourth-order valence-corrected chi connectivity index (χ4v) is 4.92. The molecule has 1 atom stereocenters. The fraction of sp³-hybridized carbons (Fsp3) is 0.480. The zero-order chi connectivity index (χ0) is 22.1. The Labute approximate surface area is 181 Å². The number of benzene rings is 2. The zero-order valence-corrected chi connectivity index (χ0v) is 18.4. The smallest absolute Gasteiger partial charge is 0.312 e. The Morgan fingerprint density at radius 3 is 2.13 bits per heavy atom. The Balaban J connectivity index is 1.78. The first-order valence-electron chi connectivity index (χ1n) is 10.9. The first kappa shape index (κ1) is 20.0. The highest BCUT2D eigenvalue weighted by atomic mass is 16.5. The molecule has 0 aliphatic carbocycles. The molecule has 0 unspecified atom stereocenters. The summed E-state index contributed by atoms with van der Waals surface area (Å²) in [5.41, 5.74) is 2.88. The van der Waals surface area contributed by atoms with E-state index in [1.54, 1.807) is 6.07 Å². The minimum atomic E-state index is -0.359. The quantitative estimate of drug-likeness (QED) is 0.391. The average Bonchev–Trinajstić information content (AvgIpc) is 2.68. The number of phenolic OH excluding ortho intramolecular Hbond substituents is 2. The summed E-state index contributed by atoms with van der Waals surface area (Å²) in [4.78, 5) is 12.7. The van der Waals surface area contributed by atoms with Crippen molar-refractivity contribution in [2.75, 3.05) is 0 Å². The lowest BCUT2D eigenvalue weighted by molar-refractivity contribution is -0.135. The molecule has 0 saturated heterocycles. The van der Waals surface area contributed by atoms with Gasteiger partial charge >= 0.3 is 5.97 Å². The van der Waals surface area contributed by atoms with Gasteiger partial charge < -0.3 is 24.4 Å². The van der Waals surface area contributed by atoms with Crippen LogP contribution in [0.5, 0.6) is 28.7 Å². The first-order valence-corrected chi connectivity index (χ1v) is 10.9. The van der Waals surface area contributed by atoms with Crippen LogP contribution < -0.4 is 14.2 Å². The lowest BCUT2D eigenvalue weighted by Gasteiger charge is -2.42. The van der Waals surface area contributed by atoms with Crippen LogP contribution in [0.2, 0.25) is 0 Å². The molecule has 0 radical (unpaired) electrons.